The number of amides is 3. The summed E-state index contributed by atoms with van der Waals surface area (Å²) in [4.78, 5) is 62.8. The molecule has 2 saturated heterocycles. The Morgan fingerprint density at radius 3 is 1.61 bits per heavy atom. The highest BCUT2D eigenvalue weighted by molar-refractivity contribution is 5.86. The maximum absolute atomic E-state index is 14.2. The number of H-pyrrole nitrogens is 2. The number of benzene rings is 3. The van der Waals surface area contributed by atoms with Crippen LogP contribution in [-0.4, -0.2) is 101 Å². The molecule has 3 aromatic carbocycles. The van der Waals surface area contributed by atoms with Crippen molar-refractivity contribution >= 4 is 17.9 Å². The predicted octanol–water partition coefficient (Wildman–Crippen LogP) is 7.93. The van der Waals surface area contributed by atoms with Crippen LogP contribution in [0.1, 0.15) is 88.7 Å². The van der Waals surface area contributed by atoms with Crippen LogP contribution < -0.4 is 0 Å². The highest BCUT2D eigenvalue weighted by atomic mass is 16.4. The van der Waals surface area contributed by atoms with Crippen LogP contribution >= 0.6 is 0 Å². The first kappa shape index (κ1) is 38.5. The van der Waals surface area contributed by atoms with Gasteiger partial charge in [0.1, 0.15) is 23.7 Å². The summed E-state index contributed by atoms with van der Waals surface area (Å²) in [5, 5.41) is 9.54. The van der Waals surface area contributed by atoms with E-state index in [1.54, 1.807) is 24.9 Å². The summed E-state index contributed by atoms with van der Waals surface area (Å²) in [6, 6.07) is 25.4. The maximum atomic E-state index is 14.2. The standard InChI is InChI=1S/C44H52N8O4/c1-5-49(6-2)39(34-13-9-8-10-14-34)43(54)52-26-12-16-38(52)41-46-28-36(48-41)33-23-19-31(20-24-33)30-17-21-32(22-18-30)35-27-45-40(47-35)37-15-11-25-51(37)42(53)29(4)50(7-3)44(55)56/h8-10,13-14,17-24,27-29,37-39H,5-7,11-12,15-16,25-26H2,1-4H3,(H,45,47)(H,46,48)(H,55,56)/t29-,37+,38+,39-/m1/s1. The Morgan fingerprint density at radius 2 is 1.16 bits per heavy atom. The number of rotatable bonds is 13. The molecule has 12 heteroatoms. The molecule has 56 heavy (non-hydrogen) atoms. The van der Waals surface area contributed by atoms with E-state index in [0.29, 0.717) is 18.9 Å². The highest BCUT2D eigenvalue weighted by Crippen LogP contribution is 2.36. The Hall–Kier alpha value is -5.75. The molecule has 2 aliphatic heterocycles. The van der Waals surface area contributed by atoms with Gasteiger partial charge in [-0.25, -0.2) is 14.8 Å². The first-order chi connectivity index (χ1) is 27.2. The van der Waals surface area contributed by atoms with Crippen LogP contribution in [0, 0.1) is 0 Å². The van der Waals surface area contributed by atoms with Gasteiger partial charge < -0.3 is 24.9 Å². The van der Waals surface area contributed by atoms with Crippen molar-refractivity contribution < 1.29 is 19.5 Å². The van der Waals surface area contributed by atoms with Gasteiger partial charge >= 0.3 is 6.09 Å². The molecule has 0 radical (unpaired) electrons. The number of imidazole rings is 2. The van der Waals surface area contributed by atoms with E-state index < -0.39 is 12.1 Å². The summed E-state index contributed by atoms with van der Waals surface area (Å²) in [7, 11) is 0. The molecule has 2 aromatic heterocycles. The average Bonchev–Trinajstić information content (AvgIpc) is 4.07. The second kappa shape index (κ2) is 16.9. The molecule has 3 N–H and O–H groups in total. The van der Waals surface area contributed by atoms with Gasteiger partial charge in [-0.2, -0.15) is 0 Å². The Morgan fingerprint density at radius 1 is 0.696 bits per heavy atom. The summed E-state index contributed by atoms with van der Waals surface area (Å²) in [6.07, 6.45) is 5.98. The normalized spacial score (nSPS) is 18.0. The number of carboxylic acid groups (broad SMARTS) is 1. The average molecular weight is 757 g/mol. The van der Waals surface area contributed by atoms with Crippen LogP contribution in [0.25, 0.3) is 33.6 Å². The number of carbonyl (C=O) groups is 3. The minimum atomic E-state index is -1.10. The second-order valence-corrected chi connectivity index (χ2v) is 14.7. The molecule has 3 amide bonds. The number of hydrogen-bond acceptors (Lipinski definition) is 6. The summed E-state index contributed by atoms with van der Waals surface area (Å²) in [5.41, 5.74) is 6.96. The van der Waals surface area contributed by atoms with Crippen molar-refractivity contribution in [3.63, 3.8) is 0 Å². The van der Waals surface area contributed by atoms with E-state index in [1.165, 1.54) is 0 Å². The van der Waals surface area contributed by atoms with Crippen molar-refractivity contribution in [1.29, 1.82) is 0 Å². The molecular weight excluding hydrogens is 705 g/mol. The van der Waals surface area contributed by atoms with E-state index in [0.717, 1.165) is 88.7 Å². The van der Waals surface area contributed by atoms with E-state index in [-0.39, 0.29) is 36.5 Å². The van der Waals surface area contributed by atoms with Crippen LogP contribution in [0.15, 0.2) is 91.3 Å². The predicted molar refractivity (Wildman–Crippen MR) is 216 cm³/mol. The number of aromatic amines is 2. The Balaban J connectivity index is 1.01. The van der Waals surface area contributed by atoms with E-state index in [1.807, 2.05) is 29.3 Å². The number of aromatic nitrogens is 4. The number of likely N-dealkylation sites (tertiary alicyclic amines) is 2. The molecule has 4 atom stereocenters. The lowest BCUT2D eigenvalue weighted by molar-refractivity contribution is -0.138. The Labute approximate surface area is 328 Å². The van der Waals surface area contributed by atoms with Crippen molar-refractivity contribution in [2.24, 2.45) is 0 Å². The number of hydrogen-bond donors (Lipinski definition) is 3. The third kappa shape index (κ3) is 7.70. The van der Waals surface area contributed by atoms with Crippen LogP contribution in [0.3, 0.4) is 0 Å². The first-order valence-corrected chi connectivity index (χ1v) is 19.9. The summed E-state index contributed by atoms with van der Waals surface area (Å²) < 4.78 is 0. The fourth-order valence-corrected chi connectivity index (χ4v) is 8.46. The van der Waals surface area contributed by atoms with Crippen molar-refractivity contribution in [2.45, 2.75) is 77.5 Å². The lowest BCUT2D eigenvalue weighted by atomic mass is 10.0. The molecular formula is C44H52N8O4. The second-order valence-electron chi connectivity index (χ2n) is 14.7. The summed E-state index contributed by atoms with van der Waals surface area (Å²) in [5.74, 6) is 1.46. The van der Waals surface area contributed by atoms with Crippen molar-refractivity contribution in [1.82, 2.24) is 39.5 Å². The molecule has 292 valence electrons. The lowest BCUT2D eigenvalue weighted by Crippen LogP contribution is -2.48. The zero-order valence-corrected chi connectivity index (χ0v) is 32.7. The molecule has 0 saturated carbocycles. The zero-order valence-electron chi connectivity index (χ0n) is 32.7. The van der Waals surface area contributed by atoms with Gasteiger partial charge in [0.25, 0.3) is 0 Å². The van der Waals surface area contributed by atoms with Crippen molar-refractivity contribution in [3.05, 3.63) is 108 Å². The van der Waals surface area contributed by atoms with E-state index >= 15 is 0 Å². The first-order valence-electron chi connectivity index (χ1n) is 19.9. The van der Waals surface area contributed by atoms with Gasteiger partial charge in [0.15, 0.2) is 0 Å². The fraction of sp³-hybridized carbons (Fsp3) is 0.386. The van der Waals surface area contributed by atoms with Gasteiger partial charge in [-0.3, -0.25) is 19.4 Å². The number of nitrogens with zero attached hydrogens (tertiary/aromatic N) is 6. The highest BCUT2D eigenvalue weighted by Gasteiger charge is 2.39. The van der Waals surface area contributed by atoms with Crippen LogP contribution in [0.4, 0.5) is 4.79 Å². The van der Waals surface area contributed by atoms with Crippen LogP contribution in [0.5, 0.6) is 0 Å². The molecule has 12 nitrogen and oxygen atoms in total. The quantitative estimate of drug-likeness (QED) is 0.111. The Kier molecular flexibility index (Phi) is 11.7. The molecule has 0 bridgehead atoms. The molecule has 5 aromatic rings. The van der Waals surface area contributed by atoms with Crippen molar-refractivity contribution in [2.75, 3.05) is 32.7 Å². The lowest BCUT2D eigenvalue weighted by Gasteiger charge is -2.34. The summed E-state index contributed by atoms with van der Waals surface area (Å²) >= 11 is 0. The van der Waals surface area contributed by atoms with Gasteiger partial charge in [0.2, 0.25) is 11.8 Å². The zero-order chi connectivity index (χ0) is 39.3. The third-order valence-corrected chi connectivity index (χ3v) is 11.6. The van der Waals surface area contributed by atoms with Crippen LogP contribution in [-0.2, 0) is 9.59 Å². The SMILES string of the molecule is CCN(CC)[C@@H](C(=O)N1CCC[C@H]1c1ncc(-c2ccc(-c3ccc(-c4cnc([C@@H]5CCCN5C(=O)[C@@H](C)N(CC)C(=O)O)[nH]4)cc3)cc2)[nH]1)c1ccccc1. The van der Waals surface area contributed by atoms with Gasteiger partial charge in [-0.05, 0) is 80.4 Å². The number of nitrogens with one attached hydrogen (secondary N) is 2. The largest absolute Gasteiger partial charge is 0.465 e. The van der Waals surface area contributed by atoms with Gasteiger partial charge in [0.05, 0.1) is 35.9 Å². The van der Waals surface area contributed by atoms with Gasteiger partial charge in [-0.1, -0.05) is 92.7 Å². The molecule has 7 rings (SSSR count). The maximum Gasteiger partial charge on any atom is 0.407 e. The minimum absolute atomic E-state index is 0.0966. The van der Waals surface area contributed by atoms with Gasteiger partial charge in [0, 0.05) is 19.6 Å². The van der Waals surface area contributed by atoms with Crippen LogP contribution in [0.2, 0.25) is 0 Å². The molecule has 2 aliphatic rings. The molecule has 0 spiro atoms. The monoisotopic (exact) mass is 756 g/mol. The molecule has 0 aliphatic carbocycles. The fourth-order valence-electron chi connectivity index (χ4n) is 8.46. The minimum Gasteiger partial charge on any atom is -0.465 e. The van der Waals surface area contributed by atoms with E-state index in [4.69, 9.17) is 4.98 Å². The summed E-state index contributed by atoms with van der Waals surface area (Å²) in [6.45, 7) is 10.7. The molecule has 0 unspecified atom stereocenters. The van der Waals surface area contributed by atoms with Crippen molar-refractivity contribution in [3.8, 4) is 33.6 Å². The number of likely N-dealkylation sites (N-methyl/N-ethyl adjacent to an activating group) is 2. The molecule has 2 fully saturated rings. The number of carbonyl (C=O) groups excluding carboxylic acids is 2. The molecule has 4 heterocycles. The Bertz CT molecular complexity index is 2110. The van der Waals surface area contributed by atoms with E-state index in [9.17, 15) is 19.5 Å². The smallest absolute Gasteiger partial charge is 0.407 e. The topological polar surface area (TPSA) is 142 Å². The van der Waals surface area contributed by atoms with E-state index in [2.05, 4.69) is 94.4 Å². The van der Waals surface area contributed by atoms with Gasteiger partial charge in [-0.15, -0.1) is 0 Å². The third-order valence-electron chi connectivity index (χ3n) is 11.6.